The molecule has 0 atom stereocenters. The van der Waals surface area contributed by atoms with E-state index in [0.717, 1.165) is 28.2 Å². The normalized spacial score (nSPS) is 11.4. The molecule has 0 fully saturated rings. The lowest BCUT2D eigenvalue weighted by atomic mass is 10.3. The van der Waals surface area contributed by atoms with Crippen molar-refractivity contribution < 1.29 is 0 Å². The molecule has 1 aromatic carbocycles. The Kier molecular flexibility index (Phi) is 2.03. The number of imidazole rings is 1. The molecular formula is C16H13N3. The van der Waals surface area contributed by atoms with E-state index in [1.807, 2.05) is 13.0 Å². The summed E-state index contributed by atoms with van der Waals surface area (Å²) in [5.74, 6) is 0. The van der Waals surface area contributed by atoms with E-state index in [4.69, 9.17) is 0 Å². The molecule has 3 aromatic heterocycles. The van der Waals surface area contributed by atoms with Crippen molar-refractivity contribution in [3.63, 3.8) is 0 Å². The van der Waals surface area contributed by atoms with Gasteiger partial charge >= 0.3 is 0 Å². The lowest BCUT2D eigenvalue weighted by Gasteiger charge is -2.04. The van der Waals surface area contributed by atoms with Crippen molar-refractivity contribution in [1.82, 2.24) is 14.0 Å². The Hall–Kier alpha value is -2.55. The summed E-state index contributed by atoms with van der Waals surface area (Å²) in [6, 6.07) is 18.7. The molecule has 19 heavy (non-hydrogen) atoms. The third kappa shape index (κ3) is 1.41. The van der Waals surface area contributed by atoms with Gasteiger partial charge in [0, 0.05) is 17.6 Å². The smallest absolute Gasteiger partial charge is 0.162 e. The van der Waals surface area contributed by atoms with Crippen molar-refractivity contribution in [3.8, 4) is 5.69 Å². The number of nitrogens with zero attached hydrogens (tertiary/aromatic N) is 3. The van der Waals surface area contributed by atoms with Gasteiger partial charge in [-0.1, -0.05) is 18.2 Å². The van der Waals surface area contributed by atoms with Crippen molar-refractivity contribution in [3.05, 3.63) is 66.5 Å². The predicted molar refractivity (Wildman–Crippen MR) is 76.8 cm³/mol. The Balaban J connectivity index is 2.20. The van der Waals surface area contributed by atoms with Crippen molar-refractivity contribution in [2.24, 2.45) is 0 Å². The van der Waals surface area contributed by atoms with E-state index in [1.165, 1.54) is 0 Å². The highest BCUT2D eigenvalue weighted by molar-refractivity contribution is 5.81. The third-order valence-corrected chi connectivity index (χ3v) is 3.43. The van der Waals surface area contributed by atoms with Gasteiger partial charge in [-0.15, -0.1) is 0 Å². The number of pyridine rings is 1. The average molecular weight is 247 g/mol. The molecule has 0 saturated heterocycles. The van der Waals surface area contributed by atoms with Gasteiger partial charge in [-0.2, -0.15) is 0 Å². The van der Waals surface area contributed by atoms with E-state index in [1.54, 1.807) is 0 Å². The quantitative estimate of drug-likeness (QED) is 0.504. The molecule has 0 N–H and O–H groups in total. The molecule has 0 aliphatic heterocycles. The van der Waals surface area contributed by atoms with Crippen LogP contribution in [0.25, 0.3) is 22.5 Å². The minimum absolute atomic E-state index is 1.00. The molecule has 0 aliphatic carbocycles. The Labute approximate surface area is 110 Å². The van der Waals surface area contributed by atoms with Crippen LogP contribution < -0.4 is 0 Å². The number of para-hydroxylation sites is 1. The summed E-state index contributed by atoms with van der Waals surface area (Å²) in [5, 5.41) is 0. The molecule has 0 amide bonds. The number of hydrogen-bond donors (Lipinski definition) is 0. The first-order valence-corrected chi connectivity index (χ1v) is 6.35. The first-order valence-electron chi connectivity index (χ1n) is 6.35. The van der Waals surface area contributed by atoms with Gasteiger partial charge in [0.15, 0.2) is 5.65 Å². The number of benzene rings is 1. The number of hydrogen-bond acceptors (Lipinski definition) is 1. The minimum Gasteiger partial charge on any atom is -0.292 e. The zero-order chi connectivity index (χ0) is 12.8. The van der Waals surface area contributed by atoms with E-state index < -0.39 is 0 Å². The zero-order valence-electron chi connectivity index (χ0n) is 10.6. The Morgan fingerprint density at radius 3 is 2.58 bits per heavy atom. The van der Waals surface area contributed by atoms with Crippen LogP contribution in [-0.4, -0.2) is 14.0 Å². The first-order chi connectivity index (χ1) is 9.34. The highest BCUT2D eigenvalue weighted by atomic mass is 15.2. The maximum Gasteiger partial charge on any atom is 0.162 e. The standard InChI is InChI=1S/C16H13N3/c1-12-9-10-14-16(17-12)18-11-5-8-15(18)19(14)13-6-3-2-4-7-13/h2-11H,1H3. The molecule has 0 radical (unpaired) electrons. The molecule has 4 rings (SSSR count). The van der Waals surface area contributed by atoms with Crippen LogP contribution in [0, 0.1) is 6.92 Å². The van der Waals surface area contributed by atoms with E-state index in [9.17, 15) is 0 Å². The molecule has 3 heteroatoms. The summed E-state index contributed by atoms with van der Waals surface area (Å²) in [7, 11) is 0. The Bertz CT molecular complexity index is 869. The van der Waals surface area contributed by atoms with Gasteiger partial charge in [0.05, 0.1) is 5.52 Å². The maximum atomic E-state index is 4.66. The van der Waals surface area contributed by atoms with Gasteiger partial charge < -0.3 is 0 Å². The van der Waals surface area contributed by atoms with Gasteiger partial charge in [-0.05, 0) is 43.3 Å². The van der Waals surface area contributed by atoms with Crippen LogP contribution in [-0.2, 0) is 0 Å². The second-order valence-electron chi connectivity index (χ2n) is 4.70. The van der Waals surface area contributed by atoms with Gasteiger partial charge in [-0.25, -0.2) is 4.98 Å². The summed E-state index contributed by atoms with van der Waals surface area (Å²) >= 11 is 0. The van der Waals surface area contributed by atoms with Crippen LogP contribution in [0.3, 0.4) is 0 Å². The van der Waals surface area contributed by atoms with Gasteiger partial charge in [-0.3, -0.25) is 8.97 Å². The van der Waals surface area contributed by atoms with E-state index in [0.29, 0.717) is 0 Å². The van der Waals surface area contributed by atoms with Gasteiger partial charge in [0.1, 0.15) is 5.65 Å². The summed E-state index contributed by atoms with van der Waals surface area (Å²) in [6.07, 6.45) is 2.06. The van der Waals surface area contributed by atoms with Crippen LogP contribution >= 0.6 is 0 Å². The summed E-state index contributed by atoms with van der Waals surface area (Å²) < 4.78 is 4.37. The largest absolute Gasteiger partial charge is 0.292 e. The van der Waals surface area contributed by atoms with Crippen molar-refractivity contribution in [1.29, 1.82) is 0 Å². The van der Waals surface area contributed by atoms with E-state index in [2.05, 4.69) is 68.7 Å². The molecule has 92 valence electrons. The van der Waals surface area contributed by atoms with Gasteiger partial charge in [0.2, 0.25) is 0 Å². The van der Waals surface area contributed by atoms with Crippen molar-refractivity contribution in [2.45, 2.75) is 6.92 Å². The fourth-order valence-corrected chi connectivity index (χ4v) is 2.59. The Morgan fingerprint density at radius 1 is 0.895 bits per heavy atom. The highest BCUT2D eigenvalue weighted by Crippen LogP contribution is 2.24. The lowest BCUT2D eigenvalue weighted by molar-refractivity contribution is 1.13. The van der Waals surface area contributed by atoms with E-state index in [-0.39, 0.29) is 0 Å². The monoisotopic (exact) mass is 247 g/mol. The zero-order valence-corrected chi connectivity index (χ0v) is 10.6. The SMILES string of the molecule is Cc1ccc2c(n1)n1cccc1n2-c1ccccc1. The molecule has 3 nitrogen and oxygen atoms in total. The lowest BCUT2D eigenvalue weighted by Crippen LogP contribution is -1.93. The fourth-order valence-electron chi connectivity index (χ4n) is 2.59. The highest BCUT2D eigenvalue weighted by Gasteiger charge is 2.12. The molecule has 4 aromatic rings. The summed E-state index contributed by atoms with van der Waals surface area (Å²) in [6.45, 7) is 2.02. The molecule has 0 aliphatic rings. The van der Waals surface area contributed by atoms with Crippen LogP contribution in [0.1, 0.15) is 5.69 Å². The van der Waals surface area contributed by atoms with Crippen molar-refractivity contribution >= 4 is 16.8 Å². The molecular weight excluding hydrogens is 234 g/mol. The molecule has 0 unspecified atom stereocenters. The number of aromatic nitrogens is 3. The molecule has 0 bridgehead atoms. The van der Waals surface area contributed by atoms with Gasteiger partial charge in [0.25, 0.3) is 0 Å². The molecule has 0 saturated carbocycles. The topological polar surface area (TPSA) is 22.2 Å². The van der Waals surface area contributed by atoms with Crippen LogP contribution in [0.2, 0.25) is 0 Å². The van der Waals surface area contributed by atoms with E-state index >= 15 is 0 Å². The van der Waals surface area contributed by atoms with Crippen LogP contribution in [0.4, 0.5) is 0 Å². The summed E-state index contributed by atoms with van der Waals surface area (Å²) in [4.78, 5) is 4.66. The van der Waals surface area contributed by atoms with Crippen LogP contribution in [0.5, 0.6) is 0 Å². The summed E-state index contributed by atoms with van der Waals surface area (Å²) in [5.41, 5.74) is 5.47. The number of rotatable bonds is 1. The van der Waals surface area contributed by atoms with Crippen LogP contribution in [0.15, 0.2) is 60.8 Å². The average Bonchev–Trinajstić information content (AvgIpc) is 3.00. The fraction of sp³-hybridized carbons (Fsp3) is 0.0625. The second-order valence-corrected chi connectivity index (χ2v) is 4.70. The number of fused-ring (bicyclic) bond motifs is 3. The minimum atomic E-state index is 1.00. The molecule has 3 heterocycles. The number of aryl methyl sites for hydroxylation is 1. The molecule has 0 spiro atoms. The predicted octanol–water partition coefficient (Wildman–Crippen LogP) is 3.59. The first kappa shape index (κ1) is 10.4. The second kappa shape index (κ2) is 3.72. The maximum absolute atomic E-state index is 4.66. The van der Waals surface area contributed by atoms with Crippen molar-refractivity contribution in [2.75, 3.05) is 0 Å². The Morgan fingerprint density at radius 2 is 1.74 bits per heavy atom. The third-order valence-electron chi connectivity index (χ3n) is 3.43.